The van der Waals surface area contributed by atoms with Crippen LogP contribution in [0.4, 0.5) is 4.39 Å². The predicted octanol–water partition coefficient (Wildman–Crippen LogP) is 0.847. The van der Waals surface area contributed by atoms with Crippen LogP contribution in [0, 0.1) is 5.82 Å². The van der Waals surface area contributed by atoms with Crippen molar-refractivity contribution in [2.24, 2.45) is 0 Å². The Balaban J connectivity index is 3.17. The lowest BCUT2D eigenvalue weighted by molar-refractivity contribution is 0.621. The van der Waals surface area contributed by atoms with Crippen molar-refractivity contribution in [1.29, 1.82) is 0 Å². The molecule has 0 aliphatic rings. The maximum Gasteiger partial charge on any atom is 0.139 e. The highest BCUT2D eigenvalue weighted by molar-refractivity contribution is 9.10. The summed E-state index contributed by atoms with van der Waals surface area (Å²) >= 11 is 3.07. The van der Waals surface area contributed by atoms with Gasteiger partial charge in [0.05, 0.1) is 4.47 Å². The van der Waals surface area contributed by atoms with E-state index in [-0.39, 0.29) is 5.82 Å². The molecule has 1 aromatic rings. The highest BCUT2D eigenvalue weighted by Crippen LogP contribution is 2.11. The van der Waals surface area contributed by atoms with Crippen molar-refractivity contribution in [3.8, 4) is 0 Å². The molecule has 0 aliphatic carbocycles. The van der Waals surface area contributed by atoms with E-state index >= 15 is 0 Å². The van der Waals surface area contributed by atoms with Gasteiger partial charge in [-0.25, -0.2) is 4.39 Å². The molecule has 0 spiro atoms. The highest BCUT2D eigenvalue weighted by atomic mass is 79.9. The minimum atomic E-state index is -0.208. The molecule has 0 heterocycles. The van der Waals surface area contributed by atoms with E-state index < -0.39 is 0 Å². The zero-order valence-corrected chi connectivity index (χ0v) is 6.57. The monoisotopic (exact) mass is 186 g/mol. The molecule has 0 N–H and O–H groups in total. The molecule has 46 valence electrons. The summed E-state index contributed by atoms with van der Waals surface area (Å²) in [5.41, 5.74) is 1.06. The van der Waals surface area contributed by atoms with Gasteiger partial charge in [-0.3, -0.25) is 0 Å². The van der Waals surface area contributed by atoms with Crippen LogP contribution in [0.2, 0.25) is 0 Å². The van der Waals surface area contributed by atoms with Gasteiger partial charge >= 0.3 is 0 Å². The molecule has 1 rings (SSSR count). The fraction of sp³-hybridized carbons (Fsp3) is 0. The van der Waals surface area contributed by atoms with E-state index in [4.69, 9.17) is 0 Å². The van der Waals surface area contributed by atoms with Gasteiger partial charge in [0.2, 0.25) is 0 Å². The van der Waals surface area contributed by atoms with E-state index in [2.05, 4.69) is 15.9 Å². The molecule has 0 fully saturated rings. The molecule has 0 aliphatic heterocycles. The highest BCUT2D eigenvalue weighted by Gasteiger charge is 1.94. The molecule has 0 amide bonds. The fourth-order valence-electron chi connectivity index (χ4n) is 0.601. The van der Waals surface area contributed by atoms with Crippen LogP contribution in [0.5, 0.6) is 0 Å². The third-order valence-corrected chi connectivity index (χ3v) is 1.68. The molecule has 0 saturated heterocycles. The Morgan fingerprint density at radius 2 is 2.11 bits per heavy atom. The lowest BCUT2D eigenvalue weighted by Crippen LogP contribution is -2.00. The quantitative estimate of drug-likeness (QED) is 0.528. The van der Waals surface area contributed by atoms with Crippen LogP contribution in [0.25, 0.3) is 0 Å². The van der Waals surface area contributed by atoms with Gasteiger partial charge in [0.15, 0.2) is 0 Å². The third kappa shape index (κ3) is 1.55. The Labute approximate surface area is 62.6 Å². The second kappa shape index (κ2) is 2.52. The summed E-state index contributed by atoms with van der Waals surface area (Å²) < 4.78 is 13.0. The molecule has 0 saturated carbocycles. The van der Waals surface area contributed by atoms with Gasteiger partial charge in [0.25, 0.3) is 0 Å². The van der Waals surface area contributed by atoms with Crippen LogP contribution in [0.15, 0.2) is 22.7 Å². The summed E-state index contributed by atoms with van der Waals surface area (Å²) in [7, 11) is 1.92. The number of halogens is 2. The van der Waals surface area contributed by atoms with Crippen LogP contribution in [0.1, 0.15) is 0 Å². The number of hydrogen-bond acceptors (Lipinski definition) is 0. The standard InChI is InChI=1S/C6H5BBrF/c7-4-1-2-6(9)5(8)3-4/h1-3H,7H2. The molecule has 0 nitrogen and oxygen atoms in total. The summed E-state index contributed by atoms with van der Waals surface area (Å²) in [5.74, 6) is -0.208. The van der Waals surface area contributed by atoms with Gasteiger partial charge in [-0.2, -0.15) is 0 Å². The maximum absolute atomic E-state index is 12.5. The van der Waals surface area contributed by atoms with E-state index in [1.807, 2.05) is 7.85 Å². The summed E-state index contributed by atoms with van der Waals surface area (Å²) in [6, 6.07) is 4.93. The third-order valence-electron chi connectivity index (χ3n) is 1.08. The number of hydrogen-bond donors (Lipinski definition) is 0. The summed E-state index contributed by atoms with van der Waals surface area (Å²) in [4.78, 5) is 0. The van der Waals surface area contributed by atoms with Crippen LogP contribution >= 0.6 is 15.9 Å². The molecule has 0 atom stereocenters. The average molecular weight is 187 g/mol. The molecule has 0 bridgehead atoms. The number of benzene rings is 1. The van der Waals surface area contributed by atoms with E-state index in [9.17, 15) is 4.39 Å². The minimum Gasteiger partial charge on any atom is -0.206 e. The van der Waals surface area contributed by atoms with E-state index in [1.54, 1.807) is 12.1 Å². The van der Waals surface area contributed by atoms with Gasteiger partial charge in [-0.05, 0) is 22.0 Å². The molecule has 0 unspecified atom stereocenters. The fourth-order valence-corrected chi connectivity index (χ4v) is 1.09. The summed E-state index contributed by atoms with van der Waals surface area (Å²) in [6.07, 6.45) is 0. The Morgan fingerprint density at radius 3 is 2.56 bits per heavy atom. The second-order valence-corrected chi connectivity index (χ2v) is 2.77. The van der Waals surface area contributed by atoms with E-state index in [0.717, 1.165) is 5.46 Å². The molecular formula is C6H5BBrF. The van der Waals surface area contributed by atoms with Crippen molar-refractivity contribution < 1.29 is 4.39 Å². The zero-order valence-electron chi connectivity index (χ0n) is 4.99. The normalized spacial score (nSPS) is 9.56. The van der Waals surface area contributed by atoms with Crippen molar-refractivity contribution in [1.82, 2.24) is 0 Å². The first-order chi connectivity index (χ1) is 4.20. The second-order valence-electron chi connectivity index (χ2n) is 1.92. The van der Waals surface area contributed by atoms with Gasteiger partial charge in [0.1, 0.15) is 13.7 Å². The number of rotatable bonds is 0. The van der Waals surface area contributed by atoms with Crippen LogP contribution in [-0.2, 0) is 0 Å². The van der Waals surface area contributed by atoms with Crippen LogP contribution in [-0.4, -0.2) is 7.85 Å². The summed E-state index contributed by atoms with van der Waals surface area (Å²) in [6.45, 7) is 0. The smallest absolute Gasteiger partial charge is 0.139 e. The first kappa shape index (κ1) is 6.81. The van der Waals surface area contributed by atoms with Gasteiger partial charge < -0.3 is 0 Å². The van der Waals surface area contributed by atoms with Crippen molar-refractivity contribution in [3.63, 3.8) is 0 Å². The predicted molar refractivity (Wildman–Crippen MR) is 42.3 cm³/mol. The van der Waals surface area contributed by atoms with Crippen LogP contribution < -0.4 is 5.46 Å². The SMILES string of the molecule is Bc1ccc(F)c(Br)c1. The zero-order chi connectivity index (χ0) is 6.85. The van der Waals surface area contributed by atoms with Crippen LogP contribution in [0.3, 0.4) is 0 Å². The lowest BCUT2D eigenvalue weighted by Gasteiger charge is -1.93. The minimum absolute atomic E-state index is 0.208. The molecule has 1 aromatic carbocycles. The van der Waals surface area contributed by atoms with Crippen molar-refractivity contribution in [2.45, 2.75) is 0 Å². The largest absolute Gasteiger partial charge is 0.206 e. The van der Waals surface area contributed by atoms with Gasteiger partial charge in [-0.1, -0.05) is 17.6 Å². The maximum atomic E-state index is 12.5. The topological polar surface area (TPSA) is 0 Å². The molecule has 0 radical (unpaired) electrons. The van der Waals surface area contributed by atoms with E-state index in [0.29, 0.717) is 4.47 Å². The Morgan fingerprint density at radius 1 is 1.44 bits per heavy atom. The van der Waals surface area contributed by atoms with Gasteiger partial charge in [-0.15, -0.1) is 0 Å². The van der Waals surface area contributed by atoms with Gasteiger partial charge in [0, 0.05) is 0 Å². The first-order valence-electron chi connectivity index (χ1n) is 2.62. The molecular weight excluding hydrogens is 182 g/mol. The van der Waals surface area contributed by atoms with Crippen molar-refractivity contribution in [3.05, 3.63) is 28.5 Å². The van der Waals surface area contributed by atoms with E-state index in [1.165, 1.54) is 6.07 Å². The van der Waals surface area contributed by atoms with Crippen molar-refractivity contribution in [2.75, 3.05) is 0 Å². The Kier molecular flexibility index (Phi) is 1.91. The lowest BCUT2D eigenvalue weighted by atomic mass is 9.97. The molecule has 0 aromatic heterocycles. The Bertz CT molecular complexity index is 224. The average Bonchev–Trinajstić information content (AvgIpc) is 1.80. The molecule has 9 heavy (non-hydrogen) atoms. The Hall–Kier alpha value is -0.305. The van der Waals surface area contributed by atoms with Crippen molar-refractivity contribution >= 4 is 29.2 Å². The molecule has 3 heteroatoms. The summed E-state index contributed by atoms with van der Waals surface area (Å²) in [5, 5.41) is 0. The first-order valence-corrected chi connectivity index (χ1v) is 3.41.